The van der Waals surface area contributed by atoms with Gasteiger partial charge in [-0.1, -0.05) is 39.0 Å². The SMILES string of the molecule is CCCCCCCCNCCC(C)O. The lowest BCUT2D eigenvalue weighted by Crippen LogP contribution is -2.20. The number of hydrogen-bond acceptors (Lipinski definition) is 2. The van der Waals surface area contributed by atoms with E-state index in [1.807, 2.05) is 6.92 Å². The summed E-state index contributed by atoms with van der Waals surface area (Å²) in [7, 11) is 0. The zero-order valence-corrected chi connectivity index (χ0v) is 9.89. The Kier molecular flexibility index (Phi) is 10.9. The van der Waals surface area contributed by atoms with Gasteiger partial charge in [0.15, 0.2) is 0 Å². The molecule has 0 aliphatic heterocycles. The summed E-state index contributed by atoms with van der Waals surface area (Å²) in [6.07, 6.45) is 8.83. The van der Waals surface area contributed by atoms with Gasteiger partial charge in [-0.05, 0) is 32.9 Å². The highest BCUT2D eigenvalue weighted by Crippen LogP contribution is 2.03. The van der Waals surface area contributed by atoms with Crippen LogP contribution < -0.4 is 5.32 Å². The Bertz CT molecular complexity index is 104. The molecule has 0 rings (SSSR count). The Morgan fingerprint density at radius 3 is 2.29 bits per heavy atom. The van der Waals surface area contributed by atoms with Gasteiger partial charge >= 0.3 is 0 Å². The molecule has 0 spiro atoms. The van der Waals surface area contributed by atoms with E-state index >= 15 is 0 Å². The summed E-state index contributed by atoms with van der Waals surface area (Å²) in [6, 6.07) is 0. The van der Waals surface area contributed by atoms with Crippen LogP contribution in [0.3, 0.4) is 0 Å². The third-order valence-electron chi connectivity index (χ3n) is 2.45. The Hall–Kier alpha value is -0.0800. The molecule has 2 heteroatoms. The molecule has 1 atom stereocenters. The van der Waals surface area contributed by atoms with Gasteiger partial charge in [-0.3, -0.25) is 0 Å². The summed E-state index contributed by atoms with van der Waals surface area (Å²) in [5.74, 6) is 0. The molecule has 0 aliphatic rings. The first-order chi connectivity index (χ1) is 6.77. The quantitative estimate of drug-likeness (QED) is 0.533. The smallest absolute Gasteiger partial charge is 0.0524 e. The van der Waals surface area contributed by atoms with Crippen molar-refractivity contribution in [3.63, 3.8) is 0 Å². The van der Waals surface area contributed by atoms with Crippen LogP contribution in [0.1, 0.15) is 58.8 Å². The van der Waals surface area contributed by atoms with Crippen LogP contribution in [0.2, 0.25) is 0 Å². The minimum Gasteiger partial charge on any atom is -0.393 e. The normalized spacial score (nSPS) is 13.1. The van der Waals surface area contributed by atoms with E-state index in [1.165, 1.54) is 38.5 Å². The van der Waals surface area contributed by atoms with Crippen LogP contribution in [-0.2, 0) is 0 Å². The fourth-order valence-corrected chi connectivity index (χ4v) is 1.47. The Morgan fingerprint density at radius 2 is 1.64 bits per heavy atom. The van der Waals surface area contributed by atoms with Gasteiger partial charge in [-0.15, -0.1) is 0 Å². The van der Waals surface area contributed by atoms with E-state index in [0.717, 1.165) is 19.5 Å². The average Bonchev–Trinajstić information content (AvgIpc) is 2.15. The van der Waals surface area contributed by atoms with Gasteiger partial charge in [-0.2, -0.15) is 0 Å². The number of unbranched alkanes of at least 4 members (excludes halogenated alkanes) is 5. The zero-order valence-electron chi connectivity index (χ0n) is 9.89. The maximum absolute atomic E-state index is 9.01. The van der Waals surface area contributed by atoms with Crippen molar-refractivity contribution in [3.8, 4) is 0 Å². The molecule has 2 N–H and O–H groups in total. The van der Waals surface area contributed by atoms with E-state index in [0.29, 0.717) is 0 Å². The first-order valence-corrected chi connectivity index (χ1v) is 6.16. The second-order valence-electron chi connectivity index (χ2n) is 4.16. The van der Waals surface area contributed by atoms with Crippen molar-refractivity contribution >= 4 is 0 Å². The molecule has 0 amide bonds. The lowest BCUT2D eigenvalue weighted by molar-refractivity contribution is 0.184. The van der Waals surface area contributed by atoms with Gasteiger partial charge in [0.05, 0.1) is 6.10 Å². The van der Waals surface area contributed by atoms with Crippen molar-refractivity contribution in [2.75, 3.05) is 13.1 Å². The highest BCUT2D eigenvalue weighted by atomic mass is 16.3. The van der Waals surface area contributed by atoms with Crippen molar-refractivity contribution < 1.29 is 5.11 Å². The Labute approximate surface area is 89.1 Å². The van der Waals surface area contributed by atoms with Crippen LogP contribution in [0.4, 0.5) is 0 Å². The Morgan fingerprint density at radius 1 is 1.00 bits per heavy atom. The molecule has 0 saturated heterocycles. The van der Waals surface area contributed by atoms with Crippen molar-refractivity contribution in [1.29, 1.82) is 0 Å². The fraction of sp³-hybridized carbons (Fsp3) is 1.00. The molecule has 0 aromatic heterocycles. The second-order valence-corrected chi connectivity index (χ2v) is 4.16. The zero-order chi connectivity index (χ0) is 10.6. The number of hydrogen-bond donors (Lipinski definition) is 2. The van der Waals surface area contributed by atoms with Crippen molar-refractivity contribution in [3.05, 3.63) is 0 Å². The predicted octanol–water partition coefficient (Wildman–Crippen LogP) is 2.71. The largest absolute Gasteiger partial charge is 0.393 e. The summed E-state index contributed by atoms with van der Waals surface area (Å²) in [5, 5.41) is 12.4. The number of nitrogens with one attached hydrogen (secondary N) is 1. The molecule has 0 aliphatic carbocycles. The highest BCUT2D eigenvalue weighted by Gasteiger charge is 1.94. The molecule has 14 heavy (non-hydrogen) atoms. The van der Waals surface area contributed by atoms with Gasteiger partial charge in [0, 0.05) is 0 Å². The number of aliphatic hydroxyl groups excluding tert-OH is 1. The van der Waals surface area contributed by atoms with E-state index < -0.39 is 0 Å². The lowest BCUT2D eigenvalue weighted by atomic mass is 10.1. The summed E-state index contributed by atoms with van der Waals surface area (Å²) in [4.78, 5) is 0. The van der Waals surface area contributed by atoms with Gasteiger partial charge in [0.2, 0.25) is 0 Å². The summed E-state index contributed by atoms with van der Waals surface area (Å²) < 4.78 is 0. The second kappa shape index (κ2) is 11.0. The standard InChI is InChI=1S/C12H27NO/c1-3-4-5-6-7-8-10-13-11-9-12(2)14/h12-14H,3-11H2,1-2H3. The van der Waals surface area contributed by atoms with Crippen molar-refractivity contribution in [1.82, 2.24) is 5.32 Å². The number of aliphatic hydroxyl groups is 1. The van der Waals surface area contributed by atoms with Gasteiger partial charge < -0.3 is 10.4 Å². The molecule has 0 fully saturated rings. The average molecular weight is 201 g/mol. The molecule has 0 heterocycles. The van der Waals surface area contributed by atoms with Crippen LogP contribution in [0.15, 0.2) is 0 Å². The number of rotatable bonds is 10. The van der Waals surface area contributed by atoms with Gasteiger partial charge in [0.1, 0.15) is 0 Å². The molecule has 0 bridgehead atoms. The molecule has 0 saturated carbocycles. The lowest BCUT2D eigenvalue weighted by Gasteiger charge is -2.06. The van der Waals surface area contributed by atoms with Crippen molar-refractivity contribution in [2.45, 2.75) is 64.9 Å². The fourth-order valence-electron chi connectivity index (χ4n) is 1.47. The van der Waals surface area contributed by atoms with Gasteiger partial charge in [-0.25, -0.2) is 0 Å². The molecule has 2 nitrogen and oxygen atoms in total. The maximum atomic E-state index is 9.01. The van der Waals surface area contributed by atoms with Crippen LogP contribution in [0.5, 0.6) is 0 Å². The van der Waals surface area contributed by atoms with E-state index in [9.17, 15) is 0 Å². The topological polar surface area (TPSA) is 32.3 Å². The van der Waals surface area contributed by atoms with E-state index in [4.69, 9.17) is 5.11 Å². The summed E-state index contributed by atoms with van der Waals surface area (Å²) in [5.41, 5.74) is 0. The molecular weight excluding hydrogens is 174 g/mol. The molecule has 1 unspecified atom stereocenters. The first-order valence-electron chi connectivity index (χ1n) is 6.16. The van der Waals surface area contributed by atoms with Crippen molar-refractivity contribution in [2.24, 2.45) is 0 Å². The molecule has 0 radical (unpaired) electrons. The van der Waals surface area contributed by atoms with E-state index in [1.54, 1.807) is 0 Å². The third-order valence-corrected chi connectivity index (χ3v) is 2.45. The minimum atomic E-state index is -0.160. The van der Waals surface area contributed by atoms with Crippen LogP contribution in [0, 0.1) is 0 Å². The monoisotopic (exact) mass is 201 g/mol. The molecule has 0 aromatic rings. The summed E-state index contributed by atoms with van der Waals surface area (Å²) in [6.45, 7) is 6.15. The minimum absolute atomic E-state index is 0.160. The van der Waals surface area contributed by atoms with Crippen LogP contribution >= 0.6 is 0 Å². The molecule has 0 aromatic carbocycles. The van der Waals surface area contributed by atoms with E-state index in [2.05, 4.69) is 12.2 Å². The molecule has 86 valence electrons. The third kappa shape index (κ3) is 11.9. The summed E-state index contributed by atoms with van der Waals surface area (Å²) >= 11 is 0. The van der Waals surface area contributed by atoms with Crippen LogP contribution in [-0.4, -0.2) is 24.3 Å². The Balaban J connectivity index is 2.85. The predicted molar refractivity (Wildman–Crippen MR) is 62.5 cm³/mol. The van der Waals surface area contributed by atoms with Crippen LogP contribution in [0.25, 0.3) is 0 Å². The molecular formula is C12H27NO. The van der Waals surface area contributed by atoms with E-state index in [-0.39, 0.29) is 6.10 Å². The maximum Gasteiger partial charge on any atom is 0.0524 e. The highest BCUT2D eigenvalue weighted by molar-refractivity contribution is 4.53. The first kappa shape index (κ1) is 13.9. The van der Waals surface area contributed by atoms with Gasteiger partial charge in [0.25, 0.3) is 0 Å².